The van der Waals surface area contributed by atoms with Crippen molar-refractivity contribution < 1.29 is 0 Å². The van der Waals surface area contributed by atoms with Gasteiger partial charge in [-0.25, -0.2) is 4.98 Å². The highest BCUT2D eigenvalue weighted by Gasteiger charge is 2.05. The molecule has 2 rings (SSSR count). The van der Waals surface area contributed by atoms with Gasteiger partial charge in [0, 0.05) is 11.4 Å². The van der Waals surface area contributed by atoms with Gasteiger partial charge in [0.15, 0.2) is 5.13 Å². The van der Waals surface area contributed by atoms with Gasteiger partial charge in [0.1, 0.15) is 0 Å². The second kappa shape index (κ2) is 5.48. The summed E-state index contributed by atoms with van der Waals surface area (Å²) >= 11 is 1.76. The van der Waals surface area contributed by atoms with Gasteiger partial charge in [0.25, 0.3) is 0 Å². The molecule has 0 radical (unpaired) electrons. The zero-order valence-electron chi connectivity index (χ0n) is 10.2. The van der Waals surface area contributed by atoms with E-state index < -0.39 is 0 Å². The van der Waals surface area contributed by atoms with Gasteiger partial charge in [-0.1, -0.05) is 11.6 Å². The Balaban J connectivity index is 1.77. The number of nitrogens with one attached hydrogen (secondary N) is 1. The topological polar surface area (TPSA) is 24.9 Å². The van der Waals surface area contributed by atoms with E-state index >= 15 is 0 Å². The molecule has 1 aromatic rings. The monoisotopic (exact) mass is 236 g/mol. The third kappa shape index (κ3) is 3.08. The van der Waals surface area contributed by atoms with Gasteiger partial charge >= 0.3 is 0 Å². The third-order valence-corrected chi connectivity index (χ3v) is 4.17. The molecule has 1 aromatic heterocycles. The highest BCUT2D eigenvalue weighted by molar-refractivity contribution is 7.15. The lowest BCUT2D eigenvalue weighted by Crippen LogP contribution is -2.04. The van der Waals surface area contributed by atoms with Crippen LogP contribution < -0.4 is 5.32 Å². The summed E-state index contributed by atoms with van der Waals surface area (Å²) in [6.07, 6.45) is 8.94. The zero-order valence-corrected chi connectivity index (χ0v) is 11.0. The van der Waals surface area contributed by atoms with Crippen LogP contribution in [0.25, 0.3) is 0 Å². The lowest BCUT2D eigenvalue weighted by molar-refractivity contribution is 0.679. The Morgan fingerprint density at radius 3 is 2.88 bits per heavy atom. The lowest BCUT2D eigenvalue weighted by atomic mass is 9.97. The summed E-state index contributed by atoms with van der Waals surface area (Å²) in [7, 11) is 0. The Morgan fingerprint density at radius 2 is 2.25 bits per heavy atom. The second-order valence-corrected chi connectivity index (χ2v) is 5.65. The summed E-state index contributed by atoms with van der Waals surface area (Å²) in [5.74, 6) is 0. The molecule has 0 amide bonds. The Labute approximate surface area is 102 Å². The molecule has 0 unspecified atom stereocenters. The Bertz CT molecular complexity index is 360. The number of allylic oxidation sites excluding steroid dienone is 1. The number of aromatic nitrogens is 1. The van der Waals surface area contributed by atoms with Gasteiger partial charge < -0.3 is 5.32 Å². The van der Waals surface area contributed by atoms with Gasteiger partial charge in [-0.3, -0.25) is 0 Å². The molecule has 0 saturated heterocycles. The smallest absolute Gasteiger partial charge is 0.183 e. The molecule has 2 nitrogen and oxygen atoms in total. The van der Waals surface area contributed by atoms with E-state index in [9.17, 15) is 0 Å². The zero-order chi connectivity index (χ0) is 11.4. The fourth-order valence-corrected chi connectivity index (χ4v) is 2.85. The number of hydrogen-bond donors (Lipinski definition) is 1. The van der Waals surface area contributed by atoms with Crippen LogP contribution in [0.3, 0.4) is 0 Å². The minimum atomic E-state index is 1.03. The van der Waals surface area contributed by atoms with Crippen molar-refractivity contribution in [3.05, 3.63) is 22.2 Å². The molecule has 1 N–H and O–H groups in total. The predicted molar refractivity (Wildman–Crippen MR) is 71.2 cm³/mol. The van der Waals surface area contributed by atoms with Gasteiger partial charge in [0.05, 0.1) is 5.69 Å². The highest BCUT2D eigenvalue weighted by Crippen LogP contribution is 2.23. The van der Waals surface area contributed by atoms with Crippen molar-refractivity contribution >= 4 is 16.5 Å². The third-order valence-electron chi connectivity index (χ3n) is 3.14. The molecular weight excluding hydrogens is 216 g/mol. The highest BCUT2D eigenvalue weighted by atomic mass is 32.1. The van der Waals surface area contributed by atoms with Crippen LogP contribution >= 0.6 is 11.3 Å². The minimum Gasteiger partial charge on any atom is -0.361 e. The molecule has 0 aromatic carbocycles. The molecule has 1 aliphatic rings. The normalized spacial score (nSPS) is 16.0. The average Bonchev–Trinajstić information content (AvgIpc) is 2.60. The molecule has 1 aliphatic carbocycles. The van der Waals surface area contributed by atoms with Crippen LogP contribution in [-0.2, 0) is 0 Å². The Hall–Kier alpha value is -0.830. The first-order valence-corrected chi connectivity index (χ1v) is 6.93. The van der Waals surface area contributed by atoms with Gasteiger partial charge in [-0.2, -0.15) is 0 Å². The number of nitrogens with zero attached hydrogens (tertiary/aromatic N) is 1. The van der Waals surface area contributed by atoms with E-state index in [0.717, 1.165) is 17.4 Å². The number of aryl methyl sites for hydroxylation is 2. The van der Waals surface area contributed by atoms with E-state index in [0.29, 0.717) is 0 Å². The van der Waals surface area contributed by atoms with E-state index in [1.807, 2.05) is 0 Å². The van der Waals surface area contributed by atoms with Crippen LogP contribution in [-0.4, -0.2) is 11.5 Å². The summed E-state index contributed by atoms with van der Waals surface area (Å²) in [5.41, 5.74) is 2.79. The molecule has 3 heteroatoms. The van der Waals surface area contributed by atoms with Crippen molar-refractivity contribution in [1.29, 1.82) is 0 Å². The van der Waals surface area contributed by atoms with E-state index in [4.69, 9.17) is 0 Å². The minimum absolute atomic E-state index is 1.03. The van der Waals surface area contributed by atoms with E-state index in [1.165, 1.54) is 37.0 Å². The quantitative estimate of drug-likeness (QED) is 0.797. The SMILES string of the molecule is Cc1nc(NCCC2=CCCCC2)sc1C. The van der Waals surface area contributed by atoms with E-state index in [2.05, 4.69) is 30.2 Å². The summed E-state index contributed by atoms with van der Waals surface area (Å²) in [5, 5.41) is 4.50. The summed E-state index contributed by atoms with van der Waals surface area (Å²) < 4.78 is 0. The maximum atomic E-state index is 4.48. The molecule has 0 saturated carbocycles. The van der Waals surface area contributed by atoms with Crippen molar-refractivity contribution in [1.82, 2.24) is 4.98 Å². The molecule has 0 bridgehead atoms. The molecule has 0 atom stereocenters. The number of anilines is 1. The summed E-state index contributed by atoms with van der Waals surface area (Å²) in [6.45, 7) is 5.22. The van der Waals surface area contributed by atoms with Crippen molar-refractivity contribution in [2.24, 2.45) is 0 Å². The van der Waals surface area contributed by atoms with Crippen molar-refractivity contribution in [2.75, 3.05) is 11.9 Å². The predicted octanol–water partition coefficient (Wildman–Crippen LogP) is 4.06. The average molecular weight is 236 g/mol. The number of hydrogen-bond acceptors (Lipinski definition) is 3. The fraction of sp³-hybridized carbons (Fsp3) is 0.615. The van der Waals surface area contributed by atoms with Crippen molar-refractivity contribution in [2.45, 2.75) is 46.0 Å². The number of thiazole rings is 1. The number of rotatable bonds is 4. The van der Waals surface area contributed by atoms with E-state index in [1.54, 1.807) is 16.9 Å². The first-order chi connectivity index (χ1) is 7.75. The Kier molecular flexibility index (Phi) is 3.99. The Morgan fingerprint density at radius 1 is 1.38 bits per heavy atom. The van der Waals surface area contributed by atoms with Crippen LogP contribution in [0, 0.1) is 13.8 Å². The standard InChI is InChI=1S/C13H20N2S/c1-10-11(2)16-13(15-10)14-9-8-12-6-4-3-5-7-12/h6H,3-5,7-9H2,1-2H3,(H,14,15). The molecular formula is C13H20N2S. The second-order valence-electron chi connectivity index (χ2n) is 4.45. The molecule has 0 aliphatic heterocycles. The molecule has 0 fully saturated rings. The van der Waals surface area contributed by atoms with Gasteiger partial charge in [0.2, 0.25) is 0 Å². The van der Waals surface area contributed by atoms with Crippen LogP contribution in [0.5, 0.6) is 0 Å². The molecule has 16 heavy (non-hydrogen) atoms. The van der Waals surface area contributed by atoms with Crippen molar-refractivity contribution in [3.8, 4) is 0 Å². The van der Waals surface area contributed by atoms with Crippen LogP contribution in [0.1, 0.15) is 42.7 Å². The fourth-order valence-electron chi connectivity index (χ4n) is 2.01. The maximum absolute atomic E-state index is 4.48. The largest absolute Gasteiger partial charge is 0.361 e. The van der Waals surface area contributed by atoms with Crippen molar-refractivity contribution in [3.63, 3.8) is 0 Å². The molecule has 1 heterocycles. The summed E-state index contributed by atoms with van der Waals surface area (Å²) in [6, 6.07) is 0. The molecule has 0 spiro atoms. The maximum Gasteiger partial charge on any atom is 0.183 e. The van der Waals surface area contributed by atoms with Crippen LogP contribution in [0.4, 0.5) is 5.13 Å². The first kappa shape index (κ1) is 11.6. The van der Waals surface area contributed by atoms with Crippen LogP contribution in [0.2, 0.25) is 0 Å². The molecule has 88 valence electrons. The lowest BCUT2D eigenvalue weighted by Gasteiger charge is -2.12. The summed E-state index contributed by atoms with van der Waals surface area (Å²) in [4.78, 5) is 5.80. The van der Waals surface area contributed by atoms with Gasteiger partial charge in [-0.15, -0.1) is 11.3 Å². The van der Waals surface area contributed by atoms with Gasteiger partial charge in [-0.05, 0) is 46.0 Å². The van der Waals surface area contributed by atoms with E-state index in [-0.39, 0.29) is 0 Å². The first-order valence-electron chi connectivity index (χ1n) is 6.11. The van der Waals surface area contributed by atoms with Crippen LogP contribution in [0.15, 0.2) is 11.6 Å².